The topological polar surface area (TPSA) is 64.2 Å². The Bertz CT molecular complexity index is 656. The summed E-state index contributed by atoms with van der Waals surface area (Å²) in [6.45, 7) is 4.06. The van der Waals surface area contributed by atoms with E-state index in [1.807, 2.05) is 34.7 Å². The van der Waals surface area contributed by atoms with Gasteiger partial charge in [-0.3, -0.25) is 9.48 Å². The van der Waals surface area contributed by atoms with Crippen LogP contribution in [0.5, 0.6) is 0 Å². The van der Waals surface area contributed by atoms with Crippen LogP contribution in [0.15, 0.2) is 36.5 Å². The van der Waals surface area contributed by atoms with Crippen molar-refractivity contribution in [2.75, 3.05) is 13.1 Å². The minimum absolute atomic E-state index is 0. The zero-order valence-corrected chi connectivity index (χ0v) is 14.1. The molecular weight excluding hydrogens is 312 g/mol. The van der Waals surface area contributed by atoms with Crippen LogP contribution >= 0.6 is 12.4 Å². The average Bonchev–Trinajstić information content (AvgIpc) is 2.89. The molecule has 0 radical (unpaired) electrons. The fourth-order valence-electron chi connectivity index (χ4n) is 2.94. The maximum absolute atomic E-state index is 12.6. The summed E-state index contributed by atoms with van der Waals surface area (Å²) in [5.74, 6) is 0.0481. The largest absolute Gasteiger partial charge is 0.337 e. The van der Waals surface area contributed by atoms with Crippen molar-refractivity contribution in [3.63, 3.8) is 0 Å². The smallest absolute Gasteiger partial charge is 0.257 e. The molecule has 1 unspecified atom stereocenters. The third kappa shape index (κ3) is 3.92. The fourth-order valence-corrected chi connectivity index (χ4v) is 2.94. The highest BCUT2D eigenvalue weighted by Crippen LogP contribution is 2.16. The van der Waals surface area contributed by atoms with Gasteiger partial charge in [0.1, 0.15) is 0 Å². The number of piperidine rings is 1. The van der Waals surface area contributed by atoms with Crippen LogP contribution in [0.4, 0.5) is 0 Å². The molecule has 1 saturated heterocycles. The highest BCUT2D eigenvalue weighted by Gasteiger charge is 2.25. The number of carbonyl (C=O) groups excluding carboxylic acids is 1. The Morgan fingerprint density at radius 3 is 2.78 bits per heavy atom. The number of halogens is 1. The Hall–Kier alpha value is -1.85. The lowest BCUT2D eigenvalue weighted by Gasteiger charge is -2.30. The summed E-state index contributed by atoms with van der Waals surface area (Å²) in [4.78, 5) is 14.5. The highest BCUT2D eigenvalue weighted by atomic mass is 35.5. The Kier molecular flexibility index (Phi) is 5.80. The molecular formula is C17H23ClN4O. The van der Waals surface area contributed by atoms with Crippen molar-refractivity contribution in [2.24, 2.45) is 5.73 Å². The first-order valence-corrected chi connectivity index (χ1v) is 7.76. The average molecular weight is 335 g/mol. The Balaban J connectivity index is 0.00000192. The van der Waals surface area contributed by atoms with E-state index < -0.39 is 0 Å². The second-order valence-corrected chi connectivity index (χ2v) is 5.94. The first-order chi connectivity index (χ1) is 10.6. The standard InChI is InChI=1S/C17H22N4O.ClH/c1-13-16(17(22)20-9-5-8-15(18)12-20)10-19-21(13)11-14-6-3-2-4-7-14;/h2-4,6-7,10,15H,5,8-9,11-12,18H2,1H3;1H. The molecule has 2 N–H and O–H groups in total. The van der Waals surface area contributed by atoms with Crippen LogP contribution in [0.1, 0.15) is 34.5 Å². The minimum Gasteiger partial charge on any atom is -0.337 e. The quantitative estimate of drug-likeness (QED) is 0.936. The van der Waals surface area contributed by atoms with Gasteiger partial charge in [0.05, 0.1) is 18.3 Å². The zero-order chi connectivity index (χ0) is 15.5. The molecule has 124 valence electrons. The summed E-state index contributed by atoms with van der Waals surface area (Å²) in [6, 6.07) is 10.2. The molecule has 1 aliphatic rings. The third-order valence-electron chi connectivity index (χ3n) is 4.25. The van der Waals surface area contributed by atoms with E-state index in [0.717, 1.165) is 25.1 Å². The van der Waals surface area contributed by atoms with Crippen LogP contribution < -0.4 is 5.73 Å². The third-order valence-corrected chi connectivity index (χ3v) is 4.25. The number of nitrogens with two attached hydrogens (primary N) is 1. The van der Waals surface area contributed by atoms with Gasteiger partial charge in [-0.15, -0.1) is 12.4 Å². The number of amides is 1. The van der Waals surface area contributed by atoms with E-state index in [4.69, 9.17) is 5.73 Å². The number of likely N-dealkylation sites (tertiary alicyclic amines) is 1. The van der Waals surface area contributed by atoms with E-state index in [0.29, 0.717) is 18.7 Å². The Labute approximate surface area is 142 Å². The van der Waals surface area contributed by atoms with Crippen LogP contribution in [-0.4, -0.2) is 39.7 Å². The Morgan fingerprint density at radius 1 is 1.35 bits per heavy atom. The molecule has 1 aromatic carbocycles. The van der Waals surface area contributed by atoms with Crippen LogP contribution in [0.3, 0.4) is 0 Å². The van der Waals surface area contributed by atoms with Gasteiger partial charge in [-0.25, -0.2) is 0 Å². The van der Waals surface area contributed by atoms with E-state index >= 15 is 0 Å². The SMILES string of the molecule is Cc1c(C(=O)N2CCCC(N)C2)cnn1Cc1ccccc1.Cl. The molecule has 1 aliphatic heterocycles. The molecule has 0 aliphatic carbocycles. The molecule has 6 heteroatoms. The molecule has 1 fully saturated rings. The zero-order valence-electron chi connectivity index (χ0n) is 13.3. The minimum atomic E-state index is 0. The molecule has 0 spiro atoms. The molecule has 0 saturated carbocycles. The van der Waals surface area contributed by atoms with Gasteiger partial charge in [-0.1, -0.05) is 30.3 Å². The van der Waals surface area contributed by atoms with Gasteiger partial charge in [-0.05, 0) is 25.3 Å². The fraction of sp³-hybridized carbons (Fsp3) is 0.412. The molecule has 0 bridgehead atoms. The molecule has 1 atom stereocenters. The van der Waals surface area contributed by atoms with Gasteiger partial charge < -0.3 is 10.6 Å². The predicted molar refractivity (Wildman–Crippen MR) is 92.9 cm³/mol. The van der Waals surface area contributed by atoms with Gasteiger partial charge in [0, 0.05) is 24.8 Å². The normalized spacial score (nSPS) is 17.7. The number of hydrogen-bond acceptors (Lipinski definition) is 3. The summed E-state index contributed by atoms with van der Waals surface area (Å²) in [7, 11) is 0. The lowest BCUT2D eigenvalue weighted by Crippen LogP contribution is -2.45. The molecule has 2 heterocycles. The van der Waals surface area contributed by atoms with Crippen molar-refractivity contribution < 1.29 is 4.79 Å². The van der Waals surface area contributed by atoms with E-state index in [9.17, 15) is 4.79 Å². The van der Waals surface area contributed by atoms with Crippen LogP contribution in [0.2, 0.25) is 0 Å². The maximum Gasteiger partial charge on any atom is 0.257 e. The van der Waals surface area contributed by atoms with Gasteiger partial charge in [0.2, 0.25) is 0 Å². The van der Waals surface area contributed by atoms with Crippen molar-refractivity contribution in [3.05, 3.63) is 53.3 Å². The summed E-state index contributed by atoms with van der Waals surface area (Å²) >= 11 is 0. The van der Waals surface area contributed by atoms with E-state index in [1.54, 1.807) is 6.20 Å². The number of aromatic nitrogens is 2. The van der Waals surface area contributed by atoms with Crippen LogP contribution in [-0.2, 0) is 6.54 Å². The lowest BCUT2D eigenvalue weighted by atomic mass is 10.1. The van der Waals surface area contributed by atoms with Gasteiger partial charge in [-0.2, -0.15) is 5.10 Å². The number of benzene rings is 1. The van der Waals surface area contributed by atoms with E-state index in [2.05, 4.69) is 17.2 Å². The second-order valence-electron chi connectivity index (χ2n) is 5.94. The molecule has 1 aromatic heterocycles. The van der Waals surface area contributed by atoms with Gasteiger partial charge in [0.25, 0.3) is 5.91 Å². The summed E-state index contributed by atoms with van der Waals surface area (Å²) in [6.07, 6.45) is 3.65. The summed E-state index contributed by atoms with van der Waals surface area (Å²) < 4.78 is 1.88. The maximum atomic E-state index is 12.6. The van der Waals surface area contributed by atoms with Crippen molar-refractivity contribution in [1.82, 2.24) is 14.7 Å². The number of carbonyl (C=O) groups is 1. The van der Waals surface area contributed by atoms with Gasteiger partial charge in [0.15, 0.2) is 0 Å². The van der Waals surface area contributed by atoms with Gasteiger partial charge >= 0.3 is 0 Å². The lowest BCUT2D eigenvalue weighted by molar-refractivity contribution is 0.0708. The molecule has 2 aromatic rings. The van der Waals surface area contributed by atoms with Crippen molar-refractivity contribution in [1.29, 1.82) is 0 Å². The predicted octanol–water partition coefficient (Wildman–Crippen LogP) is 2.22. The number of hydrogen-bond donors (Lipinski definition) is 1. The molecule has 1 amide bonds. The number of rotatable bonds is 3. The molecule has 5 nitrogen and oxygen atoms in total. The van der Waals surface area contributed by atoms with E-state index in [-0.39, 0.29) is 24.4 Å². The second kappa shape index (κ2) is 7.62. The summed E-state index contributed by atoms with van der Waals surface area (Å²) in [5, 5.41) is 4.38. The number of nitrogens with zero attached hydrogens (tertiary/aromatic N) is 3. The molecule has 23 heavy (non-hydrogen) atoms. The van der Waals surface area contributed by atoms with Crippen molar-refractivity contribution in [2.45, 2.75) is 32.4 Å². The Morgan fingerprint density at radius 2 is 2.09 bits per heavy atom. The first kappa shape index (κ1) is 17.5. The van der Waals surface area contributed by atoms with E-state index in [1.165, 1.54) is 5.56 Å². The van der Waals surface area contributed by atoms with Crippen molar-refractivity contribution in [3.8, 4) is 0 Å². The molecule has 3 rings (SSSR count). The van der Waals surface area contributed by atoms with Crippen LogP contribution in [0.25, 0.3) is 0 Å². The highest BCUT2D eigenvalue weighted by molar-refractivity contribution is 5.95. The summed E-state index contributed by atoms with van der Waals surface area (Å²) in [5.41, 5.74) is 8.74. The van der Waals surface area contributed by atoms with Crippen LogP contribution in [0, 0.1) is 6.92 Å². The first-order valence-electron chi connectivity index (χ1n) is 7.76. The monoisotopic (exact) mass is 334 g/mol. The van der Waals surface area contributed by atoms with Crippen molar-refractivity contribution >= 4 is 18.3 Å².